The summed E-state index contributed by atoms with van der Waals surface area (Å²) >= 11 is 12.2. The molecule has 0 fully saturated rings. The lowest BCUT2D eigenvalue weighted by Crippen LogP contribution is -2.20. The number of fused-ring (bicyclic) bond motifs is 1. The summed E-state index contributed by atoms with van der Waals surface area (Å²) in [7, 11) is 0. The van der Waals surface area contributed by atoms with Gasteiger partial charge in [-0.2, -0.15) is 10.2 Å². The van der Waals surface area contributed by atoms with Gasteiger partial charge in [0.25, 0.3) is 6.43 Å². The predicted octanol–water partition coefficient (Wildman–Crippen LogP) is 7.15. The fourth-order valence-corrected chi connectivity index (χ4v) is 4.90. The summed E-state index contributed by atoms with van der Waals surface area (Å²) in [6.07, 6.45) is -2.73. The highest BCUT2D eigenvalue weighted by Gasteiger charge is 2.23. The van der Waals surface area contributed by atoms with Crippen LogP contribution in [0.1, 0.15) is 34.6 Å². The number of alkyl halides is 2. The fourth-order valence-electron chi connectivity index (χ4n) is 4.58. The van der Waals surface area contributed by atoms with Gasteiger partial charge in [0.2, 0.25) is 5.91 Å². The van der Waals surface area contributed by atoms with Crippen LogP contribution in [0, 0.1) is 20.8 Å². The van der Waals surface area contributed by atoms with Crippen LogP contribution in [0.5, 0.6) is 0 Å². The van der Waals surface area contributed by atoms with Gasteiger partial charge in [-0.15, -0.1) is 0 Å². The van der Waals surface area contributed by atoms with Crippen molar-refractivity contribution in [2.75, 3.05) is 5.32 Å². The Labute approximate surface area is 233 Å². The summed E-state index contributed by atoms with van der Waals surface area (Å²) in [5.41, 5.74) is 4.36. The monoisotopic (exact) mass is 568 g/mol. The van der Waals surface area contributed by atoms with E-state index >= 15 is 0 Å². The van der Waals surface area contributed by atoms with Crippen molar-refractivity contribution in [3.05, 3.63) is 92.9 Å². The van der Waals surface area contributed by atoms with Gasteiger partial charge in [0.1, 0.15) is 6.54 Å². The third-order valence-electron chi connectivity index (χ3n) is 6.47. The summed E-state index contributed by atoms with van der Waals surface area (Å²) in [4.78, 5) is 17.8. The minimum atomic E-state index is -2.73. The van der Waals surface area contributed by atoms with Crippen LogP contribution in [-0.4, -0.2) is 30.5 Å². The van der Waals surface area contributed by atoms with Crippen LogP contribution in [0.15, 0.2) is 54.6 Å². The molecule has 3 heterocycles. The highest BCUT2D eigenvalue weighted by molar-refractivity contribution is 6.42. The molecule has 11 heteroatoms. The van der Waals surface area contributed by atoms with Gasteiger partial charge < -0.3 is 5.32 Å². The molecule has 1 amide bonds. The average molecular weight is 569 g/mol. The van der Waals surface area contributed by atoms with Crippen molar-refractivity contribution in [2.24, 2.45) is 0 Å². The van der Waals surface area contributed by atoms with E-state index in [1.165, 1.54) is 10.7 Å². The number of halogens is 4. The van der Waals surface area contributed by atoms with Crippen LogP contribution in [0.3, 0.4) is 0 Å². The van der Waals surface area contributed by atoms with E-state index in [0.717, 1.165) is 11.3 Å². The second-order valence-corrected chi connectivity index (χ2v) is 10.0. The minimum absolute atomic E-state index is 0.168. The van der Waals surface area contributed by atoms with E-state index in [2.05, 4.69) is 20.5 Å². The Kier molecular flexibility index (Phi) is 7.38. The number of nitrogens with zero attached hydrogens (tertiary/aromatic N) is 5. The zero-order chi connectivity index (χ0) is 27.8. The first-order valence-electron chi connectivity index (χ1n) is 12.1. The van der Waals surface area contributed by atoms with E-state index in [0.29, 0.717) is 44.9 Å². The average Bonchev–Trinajstić information content (AvgIpc) is 3.36. The van der Waals surface area contributed by atoms with E-state index in [1.807, 2.05) is 31.2 Å². The van der Waals surface area contributed by atoms with Gasteiger partial charge in [-0.25, -0.2) is 18.4 Å². The third-order valence-corrected chi connectivity index (χ3v) is 7.21. The van der Waals surface area contributed by atoms with Crippen molar-refractivity contribution >= 4 is 45.8 Å². The lowest BCUT2D eigenvalue weighted by Gasteiger charge is -2.10. The summed E-state index contributed by atoms with van der Waals surface area (Å²) in [5.74, 6) is -0.384. The van der Waals surface area contributed by atoms with Crippen molar-refractivity contribution in [1.82, 2.24) is 24.5 Å². The molecule has 1 N–H and O–H groups in total. The Balaban J connectivity index is 1.43. The van der Waals surface area contributed by atoms with Crippen LogP contribution < -0.4 is 5.32 Å². The Morgan fingerprint density at radius 2 is 1.67 bits per heavy atom. The molecule has 0 bridgehead atoms. The minimum Gasteiger partial charge on any atom is -0.321 e. The Bertz CT molecular complexity index is 1700. The Hall–Kier alpha value is -3.82. The normalized spacial score (nSPS) is 11.5. The van der Waals surface area contributed by atoms with Crippen LogP contribution >= 0.6 is 23.2 Å². The molecule has 0 aliphatic rings. The molecular formula is C28H24Cl2F2N6O. The van der Waals surface area contributed by atoms with Crippen molar-refractivity contribution in [2.45, 2.75) is 40.3 Å². The number of amides is 1. The number of benzene rings is 2. The number of aromatic nitrogens is 5. The van der Waals surface area contributed by atoms with Crippen LogP contribution in [0.25, 0.3) is 22.3 Å². The number of pyridine rings is 1. The van der Waals surface area contributed by atoms with Crippen molar-refractivity contribution in [3.63, 3.8) is 0 Å². The van der Waals surface area contributed by atoms with Gasteiger partial charge in [0, 0.05) is 11.1 Å². The largest absolute Gasteiger partial charge is 0.321 e. The summed E-state index contributed by atoms with van der Waals surface area (Å²) in [6, 6.07) is 15.8. The number of carbonyl (C=O) groups is 1. The van der Waals surface area contributed by atoms with Gasteiger partial charge in [0.15, 0.2) is 5.65 Å². The summed E-state index contributed by atoms with van der Waals surface area (Å²) in [5, 5.41) is 13.0. The molecule has 0 aliphatic carbocycles. The number of carbonyl (C=O) groups excluding carboxylic acids is 1. The SMILES string of the molecule is Cc1nn(Cc2ccc(Cl)c(Cl)c2)c(C)c1NC(=O)Cn1nc(C)c2c(C(F)F)cc(-c3ccccc3)nc21. The predicted molar refractivity (Wildman–Crippen MR) is 149 cm³/mol. The smallest absolute Gasteiger partial charge is 0.264 e. The maximum Gasteiger partial charge on any atom is 0.264 e. The Morgan fingerprint density at radius 3 is 2.36 bits per heavy atom. The topological polar surface area (TPSA) is 77.6 Å². The molecule has 0 radical (unpaired) electrons. The first-order valence-corrected chi connectivity index (χ1v) is 12.9. The quantitative estimate of drug-likeness (QED) is 0.226. The van der Waals surface area contributed by atoms with Gasteiger partial charge >= 0.3 is 0 Å². The molecule has 2 aromatic carbocycles. The molecule has 0 atom stereocenters. The second-order valence-electron chi connectivity index (χ2n) is 9.21. The van der Waals surface area contributed by atoms with E-state index < -0.39 is 6.43 Å². The maximum atomic E-state index is 14.1. The maximum absolute atomic E-state index is 14.1. The van der Waals surface area contributed by atoms with E-state index in [-0.39, 0.29) is 29.0 Å². The number of anilines is 1. The molecule has 39 heavy (non-hydrogen) atoms. The molecule has 7 nitrogen and oxygen atoms in total. The first kappa shape index (κ1) is 26.8. The van der Waals surface area contributed by atoms with Gasteiger partial charge in [-0.05, 0) is 44.5 Å². The zero-order valence-corrected chi connectivity index (χ0v) is 22.9. The standard InChI is InChI=1S/C28H24Cl2F2N6O/c1-15-25-20(27(31)32)12-23(19-7-5-4-6-8-19)33-28(25)38(35-15)14-24(39)34-26-16(2)36-37(17(26)3)13-18-9-10-21(29)22(30)11-18/h4-12,27H,13-14H2,1-3H3,(H,34,39). The highest BCUT2D eigenvalue weighted by atomic mass is 35.5. The summed E-state index contributed by atoms with van der Waals surface area (Å²) < 4.78 is 31.2. The van der Waals surface area contributed by atoms with E-state index in [4.69, 9.17) is 23.2 Å². The highest BCUT2D eigenvalue weighted by Crippen LogP contribution is 2.33. The third kappa shape index (κ3) is 5.37. The van der Waals surface area contributed by atoms with E-state index in [1.54, 1.807) is 42.8 Å². The van der Waals surface area contributed by atoms with Gasteiger partial charge in [0.05, 0.1) is 50.4 Å². The number of hydrogen-bond donors (Lipinski definition) is 1. The molecule has 3 aromatic heterocycles. The second kappa shape index (κ2) is 10.7. The number of aryl methyl sites for hydroxylation is 2. The molecular weight excluding hydrogens is 545 g/mol. The molecule has 0 unspecified atom stereocenters. The van der Waals surface area contributed by atoms with Gasteiger partial charge in [-0.3, -0.25) is 9.48 Å². The van der Waals surface area contributed by atoms with E-state index in [9.17, 15) is 13.6 Å². The molecule has 0 saturated carbocycles. The van der Waals surface area contributed by atoms with Crippen molar-refractivity contribution in [3.8, 4) is 11.3 Å². The van der Waals surface area contributed by atoms with Crippen molar-refractivity contribution in [1.29, 1.82) is 0 Å². The number of nitrogens with one attached hydrogen (secondary N) is 1. The molecule has 200 valence electrons. The Morgan fingerprint density at radius 1 is 0.949 bits per heavy atom. The lowest BCUT2D eigenvalue weighted by atomic mass is 10.1. The van der Waals surface area contributed by atoms with Crippen LogP contribution in [-0.2, 0) is 17.9 Å². The van der Waals surface area contributed by atoms with Crippen LogP contribution in [0.4, 0.5) is 14.5 Å². The number of hydrogen-bond acceptors (Lipinski definition) is 4. The summed E-state index contributed by atoms with van der Waals surface area (Å²) in [6.45, 7) is 5.50. The zero-order valence-electron chi connectivity index (χ0n) is 21.3. The van der Waals surface area contributed by atoms with Crippen molar-refractivity contribution < 1.29 is 13.6 Å². The van der Waals surface area contributed by atoms with Crippen LogP contribution in [0.2, 0.25) is 10.0 Å². The first-order chi connectivity index (χ1) is 18.6. The fraction of sp³-hybridized carbons (Fsp3) is 0.214. The molecule has 0 saturated heterocycles. The lowest BCUT2D eigenvalue weighted by molar-refractivity contribution is -0.116. The molecule has 0 spiro atoms. The molecule has 0 aliphatic heterocycles. The molecule has 5 aromatic rings. The molecule has 5 rings (SSSR count). The van der Waals surface area contributed by atoms with Gasteiger partial charge in [-0.1, -0.05) is 59.6 Å². The number of rotatable bonds is 7.